The van der Waals surface area contributed by atoms with Gasteiger partial charge in [-0.1, -0.05) is 15.9 Å². The van der Waals surface area contributed by atoms with Crippen LogP contribution >= 0.6 is 15.9 Å². The number of hydrogen-bond acceptors (Lipinski definition) is 5. The van der Waals surface area contributed by atoms with Gasteiger partial charge in [-0.05, 0) is 42.5 Å². The van der Waals surface area contributed by atoms with Crippen LogP contribution in [0.25, 0.3) is 0 Å². The number of urea groups is 1. The van der Waals surface area contributed by atoms with Crippen molar-refractivity contribution in [2.75, 3.05) is 69.0 Å². The van der Waals surface area contributed by atoms with Crippen molar-refractivity contribution < 1.29 is 14.3 Å². The molecule has 8 nitrogen and oxygen atoms in total. The number of rotatable bonds is 7. The van der Waals surface area contributed by atoms with Gasteiger partial charge in [0.15, 0.2) is 0 Å². The molecule has 31 heavy (non-hydrogen) atoms. The fourth-order valence-electron chi connectivity index (χ4n) is 3.26. The van der Waals surface area contributed by atoms with Crippen LogP contribution in [0.3, 0.4) is 0 Å². The first kappa shape index (κ1) is 23.1. The number of morpholine rings is 1. The maximum atomic E-state index is 12.9. The molecule has 166 valence electrons. The number of carbonyl (C=O) groups excluding carboxylic acids is 2. The Morgan fingerprint density at radius 2 is 1.68 bits per heavy atom. The molecule has 0 unspecified atom stereocenters. The van der Waals surface area contributed by atoms with Gasteiger partial charge in [-0.15, -0.1) is 0 Å². The van der Waals surface area contributed by atoms with Gasteiger partial charge in [-0.3, -0.25) is 9.69 Å². The Kier molecular flexibility index (Phi) is 8.27. The van der Waals surface area contributed by atoms with Crippen molar-refractivity contribution in [3.63, 3.8) is 0 Å². The molecule has 1 heterocycles. The summed E-state index contributed by atoms with van der Waals surface area (Å²) in [4.78, 5) is 29.4. The Hall–Kier alpha value is -2.62. The van der Waals surface area contributed by atoms with E-state index in [1.807, 2.05) is 37.2 Å². The molecule has 3 rings (SSSR count). The van der Waals surface area contributed by atoms with Crippen LogP contribution in [-0.2, 0) is 4.74 Å². The summed E-state index contributed by atoms with van der Waals surface area (Å²) in [5.41, 5.74) is 2.50. The zero-order valence-corrected chi connectivity index (χ0v) is 19.4. The second-order valence-electron chi connectivity index (χ2n) is 7.42. The molecule has 0 aromatic heterocycles. The lowest BCUT2D eigenvalue weighted by atomic mass is 10.1. The van der Waals surface area contributed by atoms with Gasteiger partial charge in [-0.25, -0.2) is 4.79 Å². The largest absolute Gasteiger partial charge is 0.379 e. The second-order valence-corrected chi connectivity index (χ2v) is 8.34. The van der Waals surface area contributed by atoms with Gasteiger partial charge in [0.05, 0.1) is 18.8 Å². The summed E-state index contributed by atoms with van der Waals surface area (Å²) in [5, 5.41) is 8.55. The number of halogens is 1. The highest BCUT2D eigenvalue weighted by molar-refractivity contribution is 9.10. The average molecular weight is 490 g/mol. The fraction of sp³-hybridized carbons (Fsp3) is 0.364. The van der Waals surface area contributed by atoms with E-state index in [4.69, 9.17) is 4.74 Å². The van der Waals surface area contributed by atoms with Crippen LogP contribution in [0, 0.1) is 0 Å². The Bertz CT molecular complexity index is 899. The summed E-state index contributed by atoms with van der Waals surface area (Å²) < 4.78 is 6.28. The van der Waals surface area contributed by atoms with Crippen LogP contribution < -0.4 is 20.9 Å². The Balaban J connectivity index is 1.62. The number of nitrogens with zero attached hydrogens (tertiary/aromatic N) is 2. The summed E-state index contributed by atoms with van der Waals surface area (Å²) in [6, 6.07) is 12.2. The van der Waals surface area contributed by atoms with Crippen molar-refractivity contribution in [2.24, 2.45) is 0 Å². The number of nitrogens with one attached hydrogen (secondary N) is 3. The summed E-state index contributed by atoms with van der Waals surface area (Å²) in [6.07, 6.45) is 0. The van der Waals surface area contributed by atoms with E-state index in [-0.39, 0.29) is 11.9 Å². The predicted molar refractivity (Wildman–Crippen MR) is 127 cm³/mol. The molecule has 0 aliphatic carbocycles. The normalized spacial score (nSPS) is 14.0. The molecule has 1 aliphatic rings. The number of amides is 3. The van der Waals surface area contributed by atoms with Gasteiger partial charge < -0.3 is 25.6 Å². The Morgan fingerprint density at radius 1 is 1.03 bits per heavy atom. The van der Waals surface area contributed by atoms with E-state index < -0.39 is 0 Å². The molecule has 3 amide bonds. The smallest absolute Gasteiger partial charge is 0.323 e. The first-order valence-corrected chi connectivity index (χ1v) is 10.9. The van der Waals surface area contributed by atoms with Crippen LogP contribution in [0.5, 0.6) is 0 Å². The average Bonchev–Trinajstić information content (AvgIpc) is 2.76. The minimum Gasteiger partial charge on any atom is -0.379 e. The molecular formula is C22H28BrN5O3. The standard InChI is InChI=1S/C22H28BrN5O3/c1-27(2)20-8-7-18(26-22(30)25-17-5-3-16(23)4-6-17)15-19(20)21(29)24-9-10-28-11-13-31-14-12-28/h3-8,15H,9-14H2,1-2H3,(H,24,29)(H2,25,26,30). The molecule has 1 saturated heterocycles. The SMILES string of the molecule is CN(C)c1ccc(NC(=O)Nc2ccc(Br)cc2)cc1C(=O)NCCN1CCOCC1. The van der Waals surface area contributed by atoms with Crippen molar-refractivity contribution in [2.45, 2.75) is 0 Å². The zero-order valence-electron chi connectivity index (χ0n) is 17.8. The fourth-order valence-corrected chi connectivity index (χ4v) is 3.52. The number of benzene rings is 2. The van der Waals surface area contributed by atoms with Crippen LogP contribution in [-0.4, -0.2) is 70.3 Å². The van der Waals surface area contributed by atoms with Crippen LogP contribution in [0.15, 0.2) is 46.9 Å². The topological polar surface area (TPSA) is 85.9 Å². The quantitative estimate of drug-likeness (QED) is 0.555. The van der Waals surface area contributed by atoms with Gasteiger partial charge in [-0.2, -0.15) is 0 Å². The molecule has 0 bridgehead atoms. The third kappa shape index (κ3) is 6.95. The van der Waals surface area contributed by atoms with Gasteiger partial charge in [0.2, 0.25) is 0 Å². The van der Waals surface area contributed by atoms with E-state index in [9.17, 15) is 9.59 Å². The zero-order chi connectivity index (χ0) is 22.2. The maximum Gasteiger partial charge on any atom is 0.323 e. The molecule has 1 aliphatic heterocycles. The van der Waals surface area contributed by atoms with Gasteiger partial charge in [0, 0.05) is 61.8 Å². The summed E-state index contributed by atoms with van der Waals surface area (Å²) >= 11 is 3.37. The summed E-state index contributed by atoms with van der Waals surface area (Å²) in [5.74, 6) is -0.172. The number of ether oxygens (including phenoxy) is 1. The molecule has 0 atom stereocenters. The third-order valence-corrected chi connectivity index (χ3v) is 5.43. The first-order valence-electron chi connectivity index (χ1n) is 10.2. The highest BCUT2D eigenvalue weighted by atomic mass is 79.9. The van der Waals surface area contributed by atoms with Crippen LogP contribution in [0.4, 0.5) is 21.9 Å². The van der Waals surface area contributed by atoms with E-state index in [1.54, 1.807) is 24.3 Å². The molecule has 3 N–H and O–H groups in total. The first-order chi connectivity index (χ1) is 14.9. The monoisotopic (exact) mass is 489 g/mol. The van der Waals surface area contributed by atoms with Crippen LogP contribution in [0.1, 0.15) is 10.4 Å². The highest BCUT2D eigenvalue weighted by Gasteiger charge is 2.16. The van der Waals surface area contributed by atoms with E-state index in [0.29, 0.717) is 23.5 Å². The van der Waals surface area contributed by atoms with E-state index >= 15 is 0 Å². The predicted octanol–water partition coefficient (Wildman–Crippen LogP) is 3.22. The van der Waals surface area contributed by atoms with Crippen molar-refractivity contribution >= 4 is 44.9 Å². The third-order valence-electron chi connectivity index (χ3n) is 4.90. The summed E-state index contributed by atoms with van der Waals surface area (Å²) in [6.45, 7) is 4.55. The second kappa shape index (κ2) is 11.1. The molecule has 9 heteroatoms. The molecule has 1 fully saturated rings. The van der Waals surface area contributed by atoms with E-state index in [0.717, 1.165) is 43.0 Å². The molecule has 0 radical (unpaired) electrons. The number of anilines is 3. The van der Waals surface area contributed by atoms with Crippen molar-refractivity contribution in [3.05, 3.63) is 52.5 Å². The lowest BCUT2D eigenvalue weighted by Crippen LogP contribution is -2.41. The van der Waals surface area contributed by atoms with Crippen molar-refractivity contribution in [1.29, 1.82) is 0 Å². The van der Waals surface area contributed by atoms with Gasteiger partial charge in [0.1, 0.15) is 0 Å². The Labute approximate surface area is 191 Å². The van der Waals surface area contributed by atoms with Crippen molar-refractivity contribution in [3.8, 4) is 0 Å². The van der Waals surface area contributed by atoms with E-state index in [2.05, 4.69) is 36.8 Å². The van der Waals surface area contributed by atoms with E-state index in [1.165, 1.54) is 0 Å². The number of carbonyl (C=O) groups is 2. The van der Waals surface area contributed by atoms with Crippen molar-refractivity contribution in [1.82, 2.24) is 10.2 Å². The minimum absolute atomic E-state index is 0.172. The lowest BCUT2D eigenvalue weighted by Gasteiger charge is -2.26. The molecule has 0 saturated carbocycles. The molecular weight excluding hydrogens is 462 g/mol. The lowest BCUT2D eigenvalue weighted by molar-refractivity contribution is 0.0383. The van der Waals surface area contributed by atoms with Crippen LogP contribution in [0.2, 0.25) is 0 Å². The Morgan fingerprint density at radius 3 is 2.35 bits per heavy atom. The van der Waals surface area contributed by atoms with Gasteiger partial charge in [0.25, 0.3) is 5.91 Å². The molecule has 2 aromatic carbocycles. The number of hydrogen-bond donors (Lipinski definition) is 3. The highest BCUT2D eigenvalue weighted by Crippen LogP contribution is 2.23. The molecule has 0 spiro atoms. The minimum atomic E-state index is -0.376. The van der Waals surface area contributed by atoms with Gasteiger partial charge >= 0.3 is 6.03 Å². The molecule has 2 aromatic rings. The maximum absolute atomic E-state index is 12.9. The summed E-state index contributed by atoms with van der Waals surface area (Å²) in [7, 11) is 3.76.